The molecule has 4 nitrogen and oxygen atoms in total. The third kappa shape index (κ3) is 6.25. The SMILES string of the molecule is S=C(N/N=C/c1ccc(Oc2cccc(Cl)c2)cc1)Nc1ccc(Cl)cc1. The van der Waals surface area contributed by atoms with Crippen LogP contribution in [0.3, 0.4) is 0 Å². The molecule has 0 saturated heterocycles. The van der Waals surface area contributed by atoms with Gasteiger partial charge in [-0.2, -0.15) is 5.10 Å². The molecular formula is C20H15Cl2N3OS. The first-order valence-corrected chi connectivity index (χ1v) is 9.14. The monoisotopic (exact) mass is 415 g/mol. The first-order chi connectivity index (χ1) is 13.1. The van der Waals surface area contributed by atoms with E-state index in [0.29, 0.717) is 26.7 Å². The van der Waals surface area contributed by atoms with Gasteiger partial charge in [0.25, 0.3) is 0 Å². The zero-order chi connectivity index (χ0) is 19.1. The van der Waals surface area contributed by atoms with Crippen LogP contribution in [0.15, 0.2) is 77.9 Å². The maximum Gasteiger partial charge on any atom is 0.191 e. The molecule has 0 aliphatic carbocycles. The summed E-state index contributed by atoms with van der Waals surface area (Å²) < 4.78 is 5.75. The van der Waals surface area contributed by atoms with Crippen molar-refractivity contribution >= 4 is 52.4 Å². The van der Waals surface area contributed by atoms with Gasteiger partial charge in [0.2, 0.25) is 0 Å². The maximum atomic E-state index is 5.95. The van der Waals surface area contributed by atoms with E-state index in [1.165, 1.54) is 0 Å². The second kappa shape index (κ2) is 9.37. The molecule has 3 rings (SSSR count). The molecule has 0 atom stereocenters. The van der Waals surface area contributed by atoms with E-state index in [0.717, 1.165) is 11.3 Å². The van der Waals surface area contributed by atoms with Crippen molar-refractivity contribution in [3.63, 3.8) is 0 Å². The predicted molar refractivity (Wildman–Crippen MR) is 116 cm³/mol. The lowest BCUT2D eigenvalue weighted by Crippen LogP contribution is -2.23. The number of hydrogen-bond acceptors (Lipinski definition) is 3. The van der Waals surface area contributed by atoms with Crippen molar-refractivity contribution in [2.45, 2.75) is 0 Å². The molecule has 0 heterocycles. The zero-order valence-electron chi connectivity index (χ0n) is 14.0. The number of nitrogens with zero attached hydrogens (tertiary/aromatic N) is 1. The van der Waals surface area contributed by atoms with E-state index in [2.05, 4.69) is 15.8 Å². The lowest BCUT2D eigenvalue weighted by Gasteiger charge is -2.07. The van der Waals surface area contributed by atoms with Gasteiger partial charge in [0.15, 0.2) is 5.11 Å². The Labute approximate surface area is 172 Å². The van der Waals surface area contributed by atoms with Gasteiger partial charge in [-0.05, 0) is 84.5 Å². The van der Waals surface area contributed by atoms with Gasteiger partial charge < -0.3 is 10.1 Å². The predicted octanol–water partition coefficient (Wildman–Crippen LogP) is 6.11. The number of thiocarbonyl (C=S) groups is 1. The van der Waals surface area contributed by atoms with Crippen LogP contribution in [0.5, 0.6) is 11.5 Å². The largest absolute Gasteiger partial charge is 0.457 e. The molecule has 0 amide bonds. The Balaban J connectivity index is 1.51. The van der Waals surface area contributed by atoms with Gasteiger partial charge >= 0.3 is 0 Å². The van der Waals surface area contributed by atoms with E-state index < -0.39 is 0 Å². The molecule has 136 valence electrons. The Morgan fingerprint density at radius 2 is 1.63 bits per heavy atom. The summed E-state index contributed by atoms with van der Waals surface area (Å²) in [7, 11) is 0. The summed E-state index contributed by atoms with van der Waals surface area (Å²) in [6.45, 7) is 0. The number of ether oxygens (including phenoxy) is 1. The Morgan fingerprint density at radius 1 is 0.889 bits per heavy atom. The van der Waals surface area contributed by atoms with E-state index in [1.54, 1.807) is 30.5 Å². The van der Waals surface area contributed by atoms with Crippen molar-refractivity contribution in [1.29, 1.82) is 0 Å². The molecule has 2 N–H and O–H groups in total. The van der Waals surface area contributed by atoms with Crippen LogP contribution in [0.4, 0.5) is 5.69 Å². The smallest absolute Gasteiger partial charge is 0.191 e. The number of nitrogens with one attached hydrogen (secondary N) is 2. The highest BCUT2D eigenvalue weighted by Gasteiger charge is 1.99. The van der Waals surface area contributed by atoms with Crippen LogP contribution in [0.1, 0.15) is 5.56 Å². The lowest BCUT2D eigenvalue weighted by atomic mass is 10.2. The summed E-state index contributed by atoms with van der Waals surface area (Å²) >= 11 is 17.0. The molecule has 27 heavy (non-hydrogen) atoms. The molecule has 3 aromatic rings. The number of hydrogen-bond donors (Lipinski definition) is 2. The van der Waals surface area contributed by atoms with Gasteiger partial charge in [0.1, 0.15) is 11.5 Å². The zero-order valence-corrected chi connectivity index (χ0v) is 16.4. The van der Waals surface area contributed by atoms with E-state index in [4.69, 9.17) is 40.2 Å². The fraction of sp³-hybridized carbons (Fsp3) is 0. The third-order valence-electron chi connectivity index (χ3n) is 3.39. The quantitative estimate of drug-likeness (QED) is 0.299. The average Bonchev–Trinajstić information content (AvgIpc) is 2.65. The molecular weight excluding hydrogens is 401 g/mol. The summed E-state index contributed by atoms with van der Waals surface area (Å²) in [5.41, 5.74) is 4.49. The van der Waals surface area contributed by atoms with Crippen molar-refractivity contribution in [3.8, 4) is 11.5 Å². The molecule has 3 aromatic carbocycles. The molecule has 0 bridgehead atoms. The highest BCUT2D eigenvalue weighted by atomic mass is 35.5. The second-order valence-corrected chi connectivity index (χ2v) is 6.74. The van der Waals surface area contributed by atoms with Crippen molar-refractivity contribution in [1.82, 2.24) is 5.43 Å². The molecule has 0 saturated carbocycles. The topological polar surface area (TPSA) is 45.7 Å². The van der Waals surface area contributed by atoms with Gasteiger partial charge in [0, 0.05) is 15.7 Å². The van der Waals surface area contributed by atoms with Crippen LogP contribution in [-0.4, -0.2) is 11.3 Å². The Morgan fingerprint density at radius 3 is 2.33 bits per heavy atom. The first kappa shape index (κ1) is 19.2. The summed E-state index contributed by atoms with van der Waals surface area (Å²) in [4.78, 5) is 0. The average molecular weight is 416 g/mol. The van der Waals surface area contributed by atoms with Crippen molar-refractivity contribution in [3.05, 3.63) is 88.4 Å². The van der Waals surface area contributed by atoms with Crippen LogP contribution in [0.2, 0.25) is 10.0 Å². The molecule has 0 aliphatic rings. The Kier molecular flexibility index (Phi) is 6.65. The third-order valence-corrected chi connectivity index (χ3v) is 4.07. The highest BCUT2D eigenvalue weighted by molar-refractivity contribution is 7.80. The number of halogens is 2. The van der Waals surface area contributed by atoms with Crippen LogP contribution in [0, 0.1) is 0 Å². The standard InChI is InChI=1S/C20H15Cl2N3OS/c21-15-6-8-17(9-7-15)24-20(27)25-23-13-14-4-10-18(11-5-14)26-19-3-1-2-16(22)12-19/h1-13H,(H2,24,25,27)/b23-13+. The van der Waals surface area contributed by atoms with Gasteiger partial charge in [-0.3, -0.25) is 5.43 Å². The molecule has 7 heteroatoms. The highest BCUT2D eigenvalue weighted by Crippen LogP contribution is 2.24. The number of anilines is 1. The fourth-order valence-electron chi connectivity index (χ4n) is 2.15. The van der Waals surface area contributed by atoms with Gasteiger partial charge in [-0.25, -0.2) is 0 Å². The first-order valence-electron chi connectivity index (χ1n) is 7.97. The van der Waals surface area contributed by atoms with E-state index in [9.17, 15) is 0 Å². The molecule has 0 fully saturated rings. The van der Waals surface area contributed by atoms with Crippen LogP contribution < -0.4 is 15.5 Å². The minimum absolute atomic E-state index is 0.384. The second-order valence-electron chi connectivity index (χ2n) is 5.46. The Bertz CT molecular complexity index is 944. The van der Waals surface area contributed by atoms with E-state index >= 15 is 0 Å². The van der Waals surface area contributed by atoms with Crippen LogP contribution in [0.25, 0.3) is 0 Å². The normalized spacial score (nSPS) is 10.6. The minimum atomic E-state index is 0.384. The summed E-state index contributed by atoms with van der Waals surface area (Å²) in [6, 6.07) is 22.0. The fourth-order valence-corrected chi connectivity index (χ4v) is 2.62. The molecule has 0 aliphatic heterocycles. The van der Waals surface area contributed by atoms with E-state index in [-0.39, 0.29) is 0 Å². The Hall–Kier alpha value is -2.60. The van der Waals surface area contributed by atoms with Gasteiger partial charge in [-0.1, -0.05) is 29.3 Å². The number of hydrazone groups is 1. The lowest BCUT2D eigenvalue weighted by molar-refractivity contribution is 0.482. The molecule has 0 radical (unpaired) electrons. The number of rotatable bonds is 5. The molecule has 0 spiro atoms. The van der Waals surface area contributed by atoms with Crippen LogP contribution >= 0.6 is 35.4 Å². The van der Waals surface area contributed by atoms with E-state index in [1.807, 2.05) is 48.5 Å². The number of benzene rings is 3. The van der Waals surface area contributed by atoms with Crippen molar-refractivity contribution in [2.75, 3.05) is 5.32 Å². The maximum absolute atomic E-state index is 5.95. The summed E-state index contributed by atoms with van der Waals surface area (Å²) in [5.74, 6) is 1.39. The van der Waals surface area contributed by atoms with Crippen molar-refractivity contribution < 1.29 is 4.74 Å². The summed E-state index contributed by atoms with van der Waals surface area (Å²) in [5, 5.41) is 8.81. The molecule has 0 aromatic heterocycles. The summed E-state index contributed by atoms with van der Waals surface area (Å²) in [6.07, 6.45) is 1.67. The van der Waals surface area contributed by atoms with Crippen LogP contribution in [-0.2, 0) is 0 Å². The minimum Gasteiger partial charge on any atom is -0.457 e. The van der Waals surface area contributed by atoms with Gasteiger partial charge in [-0.15, -0.1) is 0 Å². The van der Waals surface area contributed by atoms with Gasteiger partial charge in [0.05, 0.1) is 6.21 Å². The molecule has 0 unspecified atom stereocenters. The van der Waals surface area contributed by atoms with Crippen molar-refractivity contribution in [2.24, 2.45) is 5.10 Å².